The summed E-state index contributed by atoms with van der Waals surface area (Å²) in [4.78, 5) is 13.3. The molecule has 0 saturated carbocycles. The minimum Gasteiger partial charge on any atom is -0.493 e. The van der Waals surface area contributed by atoms with Crippen molar-refractivity contribution >= 4 is 20.9 Å². The van der Waals surface area contributed by atoms with Gasteiger partial charge < -0.3 is 9.47 Å². The molecule has 1 heterocycles. The highest BCUT2D eigenvalue weighted by Crippen LogP contribution is 2.33. The van der Waals surface area contributed by atoms with Crippen LogP contribution in [0.2, 0.25) is 0 Å². The number of methoxy groups -OCH3 is 1. The SMILES string of the molecule is CCOc1cc(C(CS(C)(=O)=O)n2c(=O)n(CC(F)F)c3cc(C)ccc32)ccc1OC. The van der Waals surface area contributed by atoms with Crippen LogP contribution in [0, 0.1) is 6.92 Å². The van der Waals surface area contributed by atoms with Gasteiger partial charge >= 0.3 is 5.69 Å². The Balaban J connectivity index is 2.31. The third-order valence-electron chi connectivity index (χ3n) is 5.08. The summed E-state index contributed by atoms with van der Waals surface area (Å²) < 4.78 is 64.3. The van der Waals surface area contributed by atoms with E-state index in [0.29, 0.717) is 34.7 Å². The monoisotopic (exact) mass is 468 g/mol. The number of hydrogen-bond acceptors (Lipinski definition) is 5. The van der Waals surface area contributed by atoms with E-state index in [4.69, 9.17) is 9.47 Å². The molecule has 0 N–H and O–H groups in total. The molecule has 32 heavy (non-hydrogen) atoms. The van der Waals surface area contributed by atoms with Gasteiger partial charge in [-0.3, -0.25) is 9.13 Å². The molecule has 0 aliphatic heterocycles. The molecule has 0 bridgehead atoms. The van der Waals surface area contributed by atoms with Crippen molar-refractivity contribution in [3.63, 3.8) is 0 Å². The zero-order chi connectivity index (χ0) is 23.6. The first-order chi connectivity index (χ1) is 15.1. The van der Waals surface area contributed by atoms with Crippen LogP contribution in [0.15, 0.2) is 41.2 Å². The quantitative estimate of drug-likeness (QED) is 0.481. The van der Waals surface area contributed by atoms with Crippen LogP contribution in [0.3, 0.4) is 0 Å². The van der Waals surface area contributed by atoms with Gasteiger partial charge in [-0.15, -0.1) is 0 Å². The number of alkyl halides is 2. The summed E-state index contributed by atoms with van der Waals surface area (Å²) in [5.41, 5.74) is 1.28. The predicted octanol–water partition coefficient (Wildman–Crippen LogP) is 3.42. The van der Waals surface area contributed by atoms with E-state index >= 15 is 0 Å². The molecule has 0 amide bonds. The molecule has 0 spiro atoms. The second kappa shape index (κ2) is 9.32. The van der Waals surface area contributed by atoms with Crippen LogP contribution in [0.4, 0.5) is 8.78 Å². The summed E-state index contributed by atoms with van der Waals surface area (Å²) in [5.74, 6) is 0.454. The molecule has 3 aromatic rings. The number of fused-ring (bicyclic) bond motifs is 1. The fraction of sp³-hybridized carbons (Fsp3) is 0.409. The average Bonchev–Trinajstić information content (AvgIpc) is 2.96. The molecule has 0 aliphatic carbocycles. The lowest BCUT2D eigenvalue weighted by molar-refractivity contribution is 0.126. The lowest BCUT2D eigenvalue weighted by atomic mass is 10.1. The summed E-state index contributed by atoms with van der Waals surface area (Å²) in [7, 11) is -2.07. The van der Waals surface area contributed by atoms with Gasteiger partial charge in [-0.1, -0.05) is 12.1 Å². The van der Waals surface area contributed by atoms with Gasteiger partial charge in [-0.2, -0.15) is 0 Å². The Kier molecular flexibility index (Phi) is 6.92. The number of benzene rings is 2. The maximum atomic E-state index is 13.3. The normalized spacial score (nSPS) is 13.0. The van der Waals surface area contributed by atoms with Crippen molar-refractivity contribution < 1.29 is 26.7 Å². The number of nitrogens with zero attached hydrogens (tertiary/aromatic N) is 2. The third-order valence-corrected chi connectivity index (χ3v) is 6.00. The van der Waals surface area contributed by atoms with E-state index in [2.05, 4.69) is 0 Å². The van der Waals surface area contributed by atoms with E-state index in [-0.39, 0.29) is 0 Å². The third kappa shape index (κ3) is 4.95. The highest BCUT2D eigenvalue weighted by molar-refractivity contribution is 7.90. The van der Waals surface area contributed by atoms with Crippen LogP contribution in [-0.2, 0) is 16.4 Å². The van der Waals surface area contributed by atoms with Gasteiger partial charge in [0.05, 0.1) is 43.1 Å². The van der Waals surface area contributed by atoms with Crippen LogP contribution >= 0.6 is 0 Å². The zero-order valence-corrected chi connectivity index (χ0v) is 19.2. The lowest BCUT2D eigenvalue weighted by Gasteiger charge is -2.20. The number of hydrogen-bond donors (Lipinski definition) is 0. The number of imidazole rings is 1. The Hall–Kier alpha value is -2.88. The van der Waals surface area contributed by atoms with Gasteiger partial charge in [0.2, 0.25) is 0 Å². The van der Waals surface area contributed by atoms with Crippen LogP contribution in [0.1, 0.15) is 24.1 Å². The first-order valence-corrected chi connectivity index (χ1v) is 12.1. The van der Waals surface area contributed by atoms with E-state index in [1.54, 1.807) is 50.2 Å². The van der Waals surface area contributed by atoms with Crippen molar-refractivity contribution in [3.8, 4) is 11.5 Å². The molecule has 2 aromatic carbocycles. The first kappa shape index (κ1) is 23.8. The number of aromatic nitrogens is 2. The molecule has 1 atom stereocenters. The van der Waals surface area contributed by atoms with E-state index < -0.39 is 40.3 Å². The fourth-order valence-electron chi connectivity index (χ4n) is 3.78. The van der Waals surface area contributed by atoms with E-state index in [0.717, 1.165) is 16.4 Å². The summed E-state index contributed by atoms with van der Waals surface area (Å²) in [5, 5.41) is 0. The minimum absolute atomic E-state index is 0.326. The van der Waals surface area contributed by atoms with Crippen molar-refractivity contribution in [2.45, 2.75) is 32.9 Å². The van der Waals surface area contributed by atoms with Crippen LogP contribution in [-0.4, -0.2) is 49.7 Å². The minimum atomic E-state index is -3.56. The Morgan fingerprint density at radius 1 is 1.06 bits per heavy atom. The molecule has 0 radical (unpaired) electrons. The van der Waals surface area contributed by atoms with Crippen molar-refractivity contribution in [1.29, 1.82) is 0 Å². The van der Waals surface area contributed by atoms with Crippen molar-refractivity contribution in [3.05, 3.63) is 58.0 Å². The fourth-order valence-corrected chi connectivity index (χ4v) is 4.70. The number of ether oxygens (including phenoxy) is 2. The zero-order valence-electron chi connectivity index (χ0n) is 18.3. The maximum absolute atomic E-state index is 13.3. The number of sulfone groups is 1. The molecule has 0 saturated heterocycles. The molecule has 0 fully saturated rings. The maximum Gasteiger partial charge on any atom is 0.329 e. The number of aryl methyl sites for hydroxylation is 1. The molecular formula is C22H26F2N2O5S. The molecule has 7 nitrogen and oxygen atoms in total. The van der Waals surface area contributed by atoms with E-state index in [1.165, 1.54) is 11.7 Å². The molecule has 0 aliphatic rings. The van der Waals surface area contributed by atoms with Crippen LogP contribution in [0.25, 0.3) is 11.0 Å². The summed E-state index contributed by atoms with van der Waals surface area (Å²) in [6, 6.07) is 8.99. The Bertz CT molecular complexity index is 1280. The van der Waals surface area contributed by atoms with Gasteiger partial charge in [-0.05, 0) is 49.2 Å². The second-order valence-electron chi connectivity index (χ2n) is 7.60. The first-order valence-electron chi connectivity index (χ1n) is 10.0. The van der Waals surface area contributed by atoms with E-state index in [9.17, 15) is 22.0 Å². The van der Waals surface area contributed by atoms with Gasteiger partial charge in [-0.25, -0.2) is 22.0 Å². The van der Waals surface area contributed by atoms with Crippen LogP contribution < -0.4 is 15.2 Å². The predicted molar refractivity (Wildman–Crippen MR) is 119 cm³/mol. The van der Waals surface area contributed by atoms with Gasteiger partial charge in [0.25, 0.3) is 6.43 Å². The van der Waals surface area contributed by atoms with E-state index in [1.807, 2.05) is 0 Å². The smallest absolute Gasteiger partial charge is 0.329 e. The Labute approximate surface area is 185 Å². The van der Waals surface area contributed by atoms with Crippen molar-refractivity contribution in [1.82, 2.24) is 9.13 Å². The Morgan fingerprint density at radius 3 is 2.38 bits per heavy atom. The topological polar surface area (TPSA) is 79.5 Å². The summed E-state index contributed by atoms with van der Waals surface area (Å²) in [6.07, 6.45) is -1.67. The molecule has 1 unspecified atom stereocenters. The van der Waals surface area contributed by atoms with Gasteiger partial charge in [0, 0.05) is 6.26 Å². The highest BCUT2D eigenvalue weighted by atomic mass is 32.2. The highest BCUT2D eigenvalue weighted by Gasteiger charge is 2.27. The standard InChI is InChI=1S/C22H26F2N2O5S/c1-5-31-20-11-15(7-9-19(20)30-3)18(13-32(4,28)29)26-16-8-6-14(2)10-17(16)25(22(26)27)12-21(23)24/h6-11,18,21H,5,12-13H2,1-4H3. The number of rotatable bonds is 9. The lowest BCUT2D eigenvalue weighted by Crippen LogP contribution is -2.32. The molecule has 174 valence electrons. The number of halogens is 2. The van der Waals surface area contributed by atoms with Gasteiger partial charge in [0.15, 0.2) is 11.5 Å². The second-order valence-corrected chi connectivity index (χ2v) is 9.78. The molecule has 10 heteroatoms. The van der Waals surface area contributed by atoms with Gasteiger partial charge in [0.1, 0.15) is 9.84 Å². The van der Waals surface area contributed by atoms with Crippen LogP contribution in [0.5, 0.6) is 11.5 Å². The largest absolute Gasteiger partial charge is 0.493 e. The molecule has 1 aromatic heterocycles. The Morgan fingerprint density at radius 2 is 1.78 bits per heavy atom. The summed E-state index contributed by atoms with van der Waals surface area (Å²) >= 11 is 0. The average molecular weight is 469 g/mol. The molecular weight excluding hydrogens is 442 g/mol. The van der Waals surface area contributed by atoms with Crippen molar-refractivity contribution in [2.75, 3.05) is 25.7 Å². The molecule has 3 rings (SSSR count). The summed E-state index contributed by atoms with van der Waals surface area (Å²) in [6.45, 7) is 3.15. The van der Waals surface area contributed by atoms with Crippen molar-refractivity contribution in [2.24, 2.45) is 0 Å².